The topological polar surface area (TPSA) is 244 Å². The fraction of sp³-hybridized carbons (Fsp3) is 0.574. The van der Waals surface area contributed by atoms with Crippen molar-refractivity contribution in [3.63, 3.8) is 0 Å². The fourth-order valence-electron chi connectivity index (χ4n) is 12.3. The van der Waals surface area contributed by atoms with E-state index in [4.69, 9.17) is 5.73 Å². The molecule has 8 N–H and O–H groups in total. The lowest BCUT2D eigenvalue weighted by Gasteiger charge is -2.44. The van der Waals surface area contributed by atoms with Crippen LogP contribution in [0.3, 0.4) is 0 Å². The molecule has 9 atom stereocenters. The van der Waals surface area contributed by atoms with Crippen molar-refractivity contribution < 1.29 is 38.4 Å². The van der Waals surface area contributed by atoms with Crippen molar-refractivity contribution in [1.29, 1.82) is 0 Å². The number of likely N-dealkylation sites (N-methyl/N-ethyl adjacent to an activating group) is 2. The lowest BCUT2D eigenvalue weighted by molar-refractivity contribution is -0.147. The Hall–Kier alpha value is -6.66. The van der Waals surface area contributed by atoms with Crippen LogP contribution in [-0.4, -0.2) is 120 Å². The van der Waals surface area contributed by atoms with E-state index in [0.29, 0.717) is 24.1 Å². The van der Waals surface area contributed by atoms with Gasteiger partial charge in [-0.2, -0.15) is 0 Å². The number of aryl methyl sites for hydroxylation is 2. The number of hydrogen-bond donors (Lipinski definition) is 7. The second kappa shape index (κ2) is 23.6. The zero-order valence-electron chi connectivity index (χ0n) is 47.9. The molecule has 18 nitrogen and oxygen atoms in total. The highest BCUT2D eigenvalue weighted by Crippen LogP contribution is 2.46. The molecule has 18 heteroatoms. The maximum Gasteiger partial charge on any atom is 0.246 e. The molecular formula is C61H84N10O8. The number of nitrogens with zero attached hydrogens (tertiary/aromatic N) is 3. The maximum absolute atomic E-state index is 15.6. The molecule has 2 aliphatic heterocycles. The van der Waals surface area contributed by atoms with Crippen LogP contribution in [0.2, 0.25) is 0 Å². The predicted octanol–water partition coefficient (Wildman–Crippen LogP) is 4.56. The predicted molar refractivity (Wildman–Crippen MR) is 302 cm³/mol. The molecule has 0 bridgehead atoms. The Morgan fingerprint density at radius 2 is 1.13 bits per heavy atom. The van der Waals surface area contributed by atoms with Crippen molar-refractivity contribution in [1.82, 2.24) is 41.7 Å². The van der Waals surface area contributed by atoms with Crippen LogP contribution >= 0.6 is 0 Å². The molecule has 0 aromatic heterocycles. The van der Waals surface area contributed by atoms with Gasteiger partial charge in [0, 0.05) is 25.2 Å². The molecule has 0 unspecified atom stereocenters. The van der Waals surface area contributed by atoms with Crippen molar-refractivity contribution >= 4 is 52.9 Å². The molecule has 2 heterocycles. The Labute approximate surface area is 465 Å². The van der Waals surface area contributed by atoms with Crippen LogP contribution in [0.4, 0.5) is 5.69 Å². The molecule has 3 aromatic rings. The molecule has 0 radical (unpaired) electrons. The molecule has 8 amide bonds. The van der Waals surface area contributed by atoms with E-state index in [-0.39, 0.29) is 62.7 Å². The first-order valence-electron chi connectivity index (χ1n) is 28.5. The number of nitrogens with two attached hydrogens (primary N) is 1. The zero-order valence-corrected chi connectivity index (χ0v) is 47.9. The van der Waals surface area contributed by atoms with E-state index in [2.05, 4.69) is 44.0 Å². The monoisotopic (exact) mass is 1080 g/mol. The largest absolute Gasteiger partial charge is 0.369 e. The summed E-state index contributed by atoms with van der Waals surface area (Å²) in [5.74, 6) is -3.81. The molecule has 426 valence electrons. The van der Waals surface area contributed by atoms with Crippen LogP contribution in [0.1, 0.15) is 152 Å². The van der Waals surface area contributed by atoms with Crippen LogP contribution in [0.25, 0.3) is 0 Å². The Morgan fingerprint density at radius 1 is 0.633 bits per heavy atom. The quantitative estimate of drug-likeness (QED) is 0.0987. The highest BCUT2D eigenvalue weighted by molar-refractivity contribution is 6.12. The van der Waals surface area contributed by atoms with Crippen LogP contribution in [0.5, 0.6) is 0 Å². The van der Waals surface area contributed by atoms with E-state index in [1.54, 1.807) is 40.1 Å². The number of fused-ring (bicyclic) bond motifs is 3. The second-order valence-electron chi connectivity index (χ2n) is 25.0. The van der Waals surface area contributed by atoms with E-state index < -0.39 is 94.0 Å². The minimum absolute atomic E-state index is 0.0174. The summed E-state index contributed by atoms with van der Waals surface area (Å²) in [6.45, 7) is 14.3. The highest BCUT2D eigenvalue weighted by atomic mass is 16.2. The van der Waals surface area contributed by atoms with Crippen LogP contribution in [0.15, 0.2) is 66.7 Å². The van der Waals surface area contributed by atoms with Crippen LogP contribution in [0, 0.1) is 16.2 Å². The summed E-state index contributed by atoms with van der Waals surface area (Å²) in [6.07, 6.45) is 6.01. The summed E-state index contributed by atoms with van der Waals surface area (Å²) in [5.41, 5.74) is 9.07. The first-order chi connectivity index (χ1) is 37.4. The van der Waals surface area contributed by atoms with E-state index >= 15 is 19.2 Å². The van der Waals surface area contributed by atoms with E-state index in [0.717, 1.165) is 54.4 Å². The molecule has 1 saturated heterocycles. The van der Waals surface area contributed by atoms with Crippen molar-refractivity contribution in [2.75, 3.05) is 25.5 Å². The van der Waals surface area contributed by atoms with Gasteiger partial charge in [-0.15, -0.1) is 0 Å². The first kappa shape index (κ1) is 58.5. The van der Waals surface area contributed by atoms with E-state index in [1.165, 1.54) is 20.3 Å². The molecule has 79 heavy (non-hydrogen) atoms. The zero-order chi connectivity index (χ0) is 57.3. The Balaban J connectivity index is 1.20. The molecule has 1 saturated carbocycles. The third-order valence-corrected chi connectivity index (χ3v) is 17.5. The minimum atomic E-state index is -1.56. The van der Waals surface area contributed by atoms with Gasteiger partial charge in [0.15, 0.2) is 0 Å². The number of carbonyl (C=O) groups excluding carboxylic acids is 8. The number of amides is 8. The standard InChI is InChI=1S/C61H84N10O8/c1-35(63-9)51(72)67-49(59(3,4)5)55(76)69-33-40-30-41(27-26-39(40)31-47(69)53(74)65-45-24-15-20-37-18-11-13-22-43(37)45)71(58(79)61(57(62)78)28-17-29-61)42-32-48(54(75)66-46-25-16-21-38-19-12-14-23-44(38)46)70(34-42)56(77)50(60(6,7)8)68-52(73)36(2)64-10/h11-14,18-19,22-23,26-27,30,35-36,42,45-50,63-64H,15-17,20-21,24-25,28-29,31-34H2,1-10H3,(H2,62,78)(H,65,74)(H,66,75)(H,67,72)(H,68,73)/t35-,36-,42-,45+,46+,47-,48-,49+,50+/m0/s1. The summed E-state index contributed by atoms with van der Waals surface area (Å²) in [5, 5.41) is 18.4. The lowest BCUT2D eigenvalue weighted by atomic mass is 9.67. The van der Waals surface area contributed by atoms with Gasteiger partial charge in [-0.05, 0) is 142 Å². The van der Waals surface area contributed by atoms with Gasteiger partial charge >= 0.3 is 0 Å². The molecule has 0 spiro atoms. The normalized spacial score (nSPS) is 22.9. The summed E-state index contributed by atoms with van der Waals surface area (Å²) in [6, 6.07) is 14.5. The van der Waals surface area contributed by atoms with Crippen LogP contribution in [-0.2, 0) is 64.2 Å². The van der Waals surface area contributed by atoms with Crippen molar-refractivity contribution in [3.8, 4) is 0 Å². The summed E-state index contributed by atoms with van der Waals surface area (Å²) < 4.78 is 0. The Kier molecular flexibility index (Phi) is 17.5. The first-order valence-corrected chi connectivity index (χ1v) is 28.5. The number of anilines is 1. The van der Waals surface area contributed by atoms with Crippen molar-refractivity contribution in [3.05, 3.63) is 100 Å². The second-order valence-corrected chi connectivity index (χ2v) is 25.0. The van der Waals surface area contributed by atoms with Gasteiger partial charge in [-0.3, -0.25) is 38.4 Å². The molecule has 8 rings (SSSR count). The maximum atomic E-state index is 15.6. The summed E-state index contributed by atoms with van der Waals surface area (Å²) in [4.78, 5) is 121. The molecule has 3 aliphatic carbocycles. The average Bonchev–Trinajstić information content (AvgIpc) is 4.01. The number of benzene rings is 3. The number of nitrogens with one attached hydrogen (secondary N) is 6. The molecule has 3 aromatic carbocycles. The van der Waals surface area contributed by atoms with Crippen LogP contribution < -0.4 is 42.5 Å². The smallest absolute Gasteiger partial charge is 0.246 e. The van der Waals surface area contributed by atoms with Gasteiger partial charge in [0.05, 0.1) is 30.2 Å². The van der Waals surface area contributed by atoms with Gasteiger partial charge in [-0.25, -0.2) is 0 Å². The minimum Gasteiger partial charge on any atom is -0.369 e. The van der Waals surface area contributed by atoms with Gasteiger partial charge in [0.2, 0.25) is 47.3 Å². The number of primary amides is 1. The molecule has 2 fully saturated rings. The summed E-state index contributed by atoms with van der Waals surface area (Å²) in [7, 11) is 3.31. The lowest BCUT2D eigenvalue weighted by Crippen LogP contribution is -2.62. The van der Waals surface area contributed by atoms with E-state index in [9.17, 15) is 19.2 Å². The number of hydrogen-bond acceptors (Lipinski definition) is 10. The van der Waals surface area contributed by atoms with Gasteiger partial charge in [-0.1, -0.05) is 103 Å². The number of carbonyl (C=O) groups is 8. The summed E-state index contributed by atoms with van der Waals surface area (Å²) >= 11 is 0. The molecule has 5 aliphatic rings. The average molecular weight is 1090 g/mol. The van der Waals surface area contributed by atoms with Gasteiger partial charge in [0.1, 0.15) is 29.6 Å². The van der Waals surface area contributed by atoms with Crippen molar-refractivity contribution in [2.45, 2.75) is 187 Å². The van der Waals surface area contributed by atoms with Crippen molar-refractivity contribution in [2.24, 2.45) is 22.0 Å². The third-order valence-electron chi connectivity index (χ3n) is 17.5. The number of rotatable bonds is 16. The van der Waals surface area contributed by atoms with Gasteiger partial charge in [0.25, 0.3) is 0 Å². The Bertz CT molecular complexity index is 2830. The number of likely N-dealkylation sites (tertiary alicyclic amines) is 1. The Morgan fingerprint density at radius 3 is 1.59 bits per heavy atom. The fourth-order valence-corrected chi connectivity index (χ4v) is 12.3. The van der Waals surface area contributed by atoms with E-state index in [1.807, 2.05) is 84.0 Å². The SMILES string of the molecule is CN[C@@H](C)C(=O)N[C@H](C(=O)N1Cc2cc(N(C(=O)C3(C(N)=O)CCC3)[C@H]3C[C@@H](C(=O)N[C@@H]4CCCc5ccccc54)N(C(=O)[C@@H](NC(=O)[C@H](C)NC)C(C)(C)C)C3)ccc2C[C@H]1C(=O)N[C@@H]1CCCc2ccccc21)C(C)(C)C. The van der Waals surface area contributed by atoms with Gasteiger partial charge < -0.3 is 52.3 Å². The third kappa shape index (κ3) is 12.1. The highest BCUT2D eigenvalue weighted by Gasteiger charge is 2.56. The molecular weight excluding hydrogens is 1000 g/mol.